The average molecular weight is 425 g/mol. The van der Waals surface area contributed by atoms with Crippen LogP contribution in [0.5, 0.6) is 0 Å². The molecule has 0 fully saturated rings. The van der Waals surface area contributed by atoms with Gasteiger partial charge in [0.15, 0.2) is 5.16 Å². The lowest BCUT2D eigenvalue weighted by Gasteiger charge is -2.15. The summed E-state index contributed by atoms with van der Waals surface area (Å²) in [4.78, 5) is 30.0. The van der Waals surface area contributed by atoms with Crippen LogP contribution in [0, 0.1) is 11.3 Å². The van der Waals surface area contributed by atoms with Crippen molar-refractivity contribution >= 4 is 45.9 Å². The van der Waals surface area contributed by atoms with Gasteiger partial charge in [0.25, 0.3) is 5.56 Å². The predicted molar refractivity (Wildman–Crippen MR) is 116 cm³/mol. The second-order valence-electron chi connectivity index (χ2n) is 6.20. The first-order valence-corrected chi connectivity index (χ1v) is 9.97. The first-order valence-electron chi connectivity index (χ1n) is 8.71. The Labute approximate surface area is 176 Å². The van der Waals surface area contributed by atoms with E-state index in [1.165, 1.54) is 16.3 Å². The quantitative estimate of drug-likeness (QED) is 0.363. The molecule has 2 aromatic carbocycles. The molecule has 0 aliphatic carbocycles. The second-order valence-corrected chi connectivity index (χ2v) is 7.95. The standard InChI is InChI=1S/C21H17ClN4O2S/c1-3-9-26-20(28)17-11-15(22)7-8-18(17)25-21(26)29-13(2)19(27)24-16-6-4-5-14(10-16)12-23/h3-8,10-11,13H,1,9H2,2H3,(H,24,27). The van der Waals surface area contributed by atoms with Crippen LogP contribution in [0.25, 0.3) is 10.9 Å². The minimum atomic E-state index is -0.534. The van der Waals surface area contributed by atoms with Crippen LogP contribution in [0.3, 0.4) is 0 Å². The predicted octanol–water partition coefficient (Wildman–Crippen LogP) is 4.23. The summed E-state index contributed by atoms with van der Waals surface area (Å²) >= 11 is 7.18. The number of carbonyl (C=O) groups excluding carboxylic acids is 1. The minimum absolute atomic E-state index is 0.241. The highest BCUT2D eigenvalue weighted by atomic mass is 35.5. The Balaban J connectivity index is 1.89. The molecule has 0 spiro atoms. The third-order valence-electron chi connectivity index (χ3n) is 4.10. The second kappa shape index (κ2) is 8.95. The van der Waals surface area contributed by atoms with E-state index in [9.17, 15) is 9.59 Å². The molecule has 3 aromatic rings. The van der Waals surface area contributed by atoms with Crippen molar-refractivity contribution in [2.24, 2.45) is 0 Å². The van der Waals surface area contributed by atoms with E-state index in [0.29, 0.717) is 32.3 Å². The number of carbonyl (C=O) groups is 1. The van der Waals surface area contributed by atoms with E-state index in [1.807, 2.05) is 6.07 Å². The SMILES string of the molecule is C=CCn1c(SC(C)C(=O)Nc2cccc(C#N)c2)nc2ccc(Cl)cc2c1=O. The Morgan fingerprint density at radius 1 is 1.41 bits per heavy atom. The summed E-state index contributed by atoms with van der Waals surface area (Å²) in [6, 6.07) is 13.6. The van der Waals surface area contributed by atoms with Gasteiger partial charge in [-0.15, -0.1) is 6.58 Å². The number of thioether (sulfide) groups is 1. The van der Waals surface area contributed by atoms with Gasteiger partial charge in [-0.3, -0.25) is 14.2 Å². The lowest BCUT2D eigenvalue weighted by molar-refractivity contribution is -0.115. The Bertz CT molecular complexity index is 1200. The highest BCUT2D eigenvalue weighted by Gasteiger charge is 2.19. The molecule has 0 aliphatic rings. The van der Waals surface area contributed by atoms with Crippen molar-refractivity contribution in [1.29, 1.82) is 5.26 Å². The molecule has 146 valence electrons. The number of aromatic nitrogens is 2. The molecule has 3 rings (SSSR count). The van der Waals surface area contributed by atoms with Crippen molar-refractivity contribution in [2.75, 3.05) is 5.32 Å². The van der Waals surface area contributed by atoms with Gasteiger partial charge in [-0.1, -0.05) is 35.5 Å². The Kier molecular flexibility index (Phi) is 6.37. The molecule has 1 unspecified atom stereocenters. The number of fused-ring (bicyclic) bond motifs is 1. The van der Waals surface area contributed by atoms with Gasteiger partial charge < -0.3 is 5.32 Å². The summed E-state index contributed by atoms with van der Waals surface area (Å²) in [5.41, 5.74) is 1.26. The van der Waals surface area contributed by atoms with Crippen LogP contribution in [0.4, 0.5) is 5.69 Å². The molecule has 0 bridgehead atoms. The molecule has 1 amide bonds. The van der Waals surface area contributed by atoms with Crippen molar-refractivity contribution in [2.45, 2.75) is 23.9 Å². The maximum Gasteiger partial charge on any atom is 0.262 e. The fourth-order valence-electron chi connectivity index (χ4n) is 2.67. The molecular formula is C21H17ClN4O2S. The number of rotatable bonds is 6. The molecule has 6 nitrogen and oxygen atoms in total. The topological polar surface area (TPSA) is 87.8 Å². The molecule has 0 aliphatic heterocycles. The van der Waals surface area contributed by atoms with Crippen molar-refractivity contribution in [1.82, 2.24) is 9.55 Å². The normalized spacial score (nSPS) is 11.6. The largest absolute Gasteiger partial charge is 0.325 e. The number of anilines is 1. The number of amides is 1. The van der Waals surface area contributed by atoms with Gasteiger partial charge in [-0.2, -0.15) is 5.26 Å². The number of allylic oxidation sites excluding steroid dienone is 1. The number of halogens is 1. The summed E-state index contributed by atoms with van der Waals surface area (Å²) < 4.78 is 1.47. The van der Waals surface area contributed by atoms with E-state index < -0.39 is 5.25 Å². The number of benzene rings is 2. The van der Waals surface area contributed by atoms with Gasteiger partial charge in [0.2, 0.25) is 5.91 Å². The number of hydrogen-bond acceptors (Lipinski definition) is 5. The summed E-state index contributed by atoms with van der Waals surface area (Å²) in [6.07, 6.45) is 1.60. The van der Waals surface area contributed by atoms with Crippen LogP contribution < -0.4 is 10.9 Å². The van der Waals surface area contributed by atoms with Crippen LogP contribution in [-0.2, 0) is 11.3 Å². The summed E-state index contributed by atoms with van der Waals surface area (Å²) in [5, 5.41) is 12.5. The van der Waals surface area contributed by atoms with E-state index in [1.54, 1.807) is 55.5 Å². The maximum atomic E-state index is 12.9. The van der Waals surface area contributed by atoms with Crippen molar-refractivity contribution in [3.05, 3.63) is 76.1 Å². The zero-order chi connectivity index (χ0) is 21.0. The maximum absolute atomic E-state index is 12.9. The molecular weight excluding hydrogens is 408 g/mol. The van der Waals surface area contributed by atoms with E-state index in [0.717, 1.165) is 0 Å². The van der Waals surface area contributed by atoms with Gasteiger partial charge in [-0.05, 0) is 43.3 Å². The summed E-state index contributed by atoms with van der Waals surface area (Å²) in [5.74, 6) is -0.263. The lowest BCUT2D eigenvalue weighted by atomic mass is 10.2. The third kappa shape index (κ3) is 4.67. The lowest BCUT2D eigenvalue weighted by Crippen LogP contribution is -2.26. The van der Waals surface area contributed by atoms with Crippen molar-refractivity contribution < 1.29 is 4.79 Å². The van der Waals surface area contributed by atoms with Gasteiger partial charge in [0.1, 0.15) is 0 Å². The molecule has 0 saturated carbocycles. The summed E-state index contributed by atoms with van der Waals surface area (Å²) in [7, 11) is 0. The first kappa shape index (κ1) is 20.6. The summed E-state index contributed by atoms with van der Waals surface area (Å²) in [6.45, 7) is 5.68. The van der Waals surface area contributed by atoms with E-state index in [-0.39, 0.29) is 18.0 Å². The zero-order valence-corrected chi connectivity index (χ0v) is 17.1. The first-order chi connectivity index (χ1) is 13.9. The number of nitriles is 1. The molecule has 0 radical (unpaired) electrons. The fourth-order valence-corrected chi connectivity index (χ4v) is 3.76. The van der Waals surface area contributed by atoms with E-state index >= 15 is 0 Å². The van der Waals surface area contributed by atoms with Crippen LogP contribution in [-0.4, -0.2) is 20.7 Å². The van der Waals surface area contributed by atoms with Gasteiger partial charge in [-0.25, -0.2) is 4.98 Å². The molecule has 1 N–H and O–H groups in total. The number of hydrogen-bond donors (Lipinski definition) is 1. The van der Waals surface area contributed by atoms with Crippen molar-refractivity contribution in [3.8, 4) is 6.07 Å². The Hall–Kier alpha value is -3.08. The molecule has 1 heterocycles. The Morgan fingerprint density at radius 2 is 2.21 bits per heavy atom. The van der Waals surface area contributed by atoms with Gasteiger partial charge >= 0.3 is 0 Å². The van der Waals surface area contributed by atoms with E-state index in [2.05, 4.69) is 16.9 Å². The molecule has 1 atom stereocenters. The molecule has 0 saturated heterocycles. The van der Waals surface area contributed by atoms with Gasteiger partial charge in [0.05, 0.1) is 27.8 Å². The molecule has 29 heavy (non-hydrogen) atoms. The van der Waals surface area contributed by atoms with Crippen LogP contribution in [0.15, 0.2) is 65.1 Å². The molecule has 8 heteroatoms. The van der Waals surface area contributed by atoms with E-state index in [4.69, 9.17) is 16.9 Å². The van der Waals surface area contributed by atoms with Crippen LogP contribution in [0.2, 0.25) is 5.02 Å². The van der Waals surface area contributed by atoms with Crippen molar-refractivity contribution in [3.63, 3.8) is 0 Å². The number of nitrogens with one attached hydrogen (secondary N) is 1. The molecule has 1 aromatic heterocycles. The Morgan fingerprint density at radius 3 is 2.93 bits per heavy atom. The minimum Gasteiger partial charge on any atom is -0.325 e. The van der Waals surface area contributed by atoms with Gasteiger partial charge in [0, 0.05) is 17.3 Å². The zero-order valence-electron chi connectivity index (χ0n) is 15.6. The average Bonchev–Trinajstić information content (AvgIpc) is 2.71. The monoisotopic (exact) mass is 424 g/mol. The highest BCUT2D eigenvalue weighted by Crippen LogP contribution is 2.25. The number of nitrogens with zero attached hydrogens (tertiary/aromatic N) is 3. The van der Waals surface area contributed by atoms with Crippen LogP contribution in [0.1, 0.15) is 12.5 Å². The third-order valence-corrected chi connectivity index (χ3v) is 5.43. The smallest absolute Gasteiger partial charge is 0.262 e. The van der Waals surface area contributed by atoms with Crippen LogP contribution >= 0.6 is 23.4 Å². The fraction of sp³-hybridized carbons (Fsp3) is 0.143. The highest BCUT2D eigenvalue weighted by molar-refractivity contribution is 8.00.